The fourth-order valence-electron chi connectivity index (χ4n) is 1.72. The Morgan fingerprint density at radius 2 is 1.52 bits per heavy atom. The van der Waals surface area contributed by atoms with Crippen LogP contribution in [-0.2, 0) is 9.53 Å². The minimum absolute atomic E-state index is 0.0421. The van der Waals surface area contributed by atoms with E-state index in [0.29, 0.717) is 23.3 Å². The Morgan fingerprint density at radius 3 is 2.14 bits per heavy atom. The van der Waals surface area contributed by atoms with Gasteiger partial charge in [-0.15, -0.1) is 0 Å². The van der Waals surface area contributed by atoms with E-state index in [1.54, 1.807) is 43.3 Å². The van der Waals surface area contributed by atoms with Crippen molar-refractivity contribution in [2.45, 2.75) is 13.3 Å². The van der Waals surface area contributed by atoms with Crippen LogP contribution in [0.3, 0.4) is 0 Å². The molecule has 21 heavy (non-hydrogen) atoms. The first kappa shape index (κ1) is 14.8. The first-order valence-corrected chi connectivity index (χ1v) is 6.69. The molecule has 0 heterocycles. The molecule has 2 aromatic rings. The molecule has 0 aliphatic carbocycles. The Morgan fingerprint density at radius 1 is 0.905 bits per heavy atom. The molecule has 0 unspecified atom stereocenters. The molecule has 0 amide bonds. The van der Waals surface area contributed by atoms with Crippen LogP contribution in [0.5, 0.6) is 5.75 Å². The van der Waals surface area contributed by atoms with E-state index in [1.165, 1.54) is 0 Å². The van der Waals surface area contributed by atoms with Gasteiger partial charge >= 0.3 is 5.97 Å². The van der Waals surface area contributed by atoms with Crippen molar-refractivity contribution in [1.29, 1.82) is 0 Å². The van der Waals surface area contributed by atoms with Gasteiger partial charge in [-0.2, -0.15) is 0 Å². The van der Waals surface area contributed by atoms with Crippen LogP contribution in [0.15, 0.2) is 54.6 Å². The Hall–Kier alpha value is -2.62. The van der Waals surface area contributed by atoms with Gasteiger partial charge in [0, 0.05) is 17.5 Å². The monoisotopic (exact) mass is 284 g/mol. The number of rotatable bonds is 6. The Kier molecular flexibility index (Phi) is 5.10. The van der Waals surface area contributed by atoms with Crippen molar-refractivity contribution in [2.75, 3.05) is 6.79 Å². The smallest absolute Gasteiger partial charge is 0.308 e. The van der Waals surface area contributed by atoms with Crippen molar-refractivity contribution in [3.63, 3.8) is 0 Å². The summed E-state index contributed by atoms with van der Waals surface area (Å²) < 4.78 is 10.1. The number of hydrogen-bond donors (Lipinski definition) is 0. The lowest BCUT2D eigenvalue weighted by Gasteiger charge is -2.07. The van der Waals surface area contributed by atoms with Crippen LogP contribution in [0.1, 0.15) is 29.3 Å². The lowest BCUT2D eigenvalue weighted by molar-refractivity contribution is -0.149. The fraction of sp³-hybridized carbons (Fsp3) is 0.176. The van der Waals surface area contributed by atoms with Gasteiger partial charge in [0.15, 0.2) is 5.78 Å². The van der Waals surface area contributed by atoms with E-state index in [2.05, 4.69) is 0 Å². The highest BCUT2D eigenvalue weighted by Gasteiger charge is 2.08. The summed E-state index contributed by atoms with van der Waals surface area (Å²) in [7, 11) is 0. The number of ketones is 1. The Bertz CT molecular complexity index is 602. The van der Waals surface area contributed by atoms with Crippen LogP contribution >= 0.6 is 0 Å². The van der Waals surface area contributed by atoms with Gasteiger partial charge in [-0.05, 0) is 24.3 Å². The molecule has 0 radical (unpaired) electrons. The molecule has 0 saturated carbocycles. The zero-order valence-electron chi connectivity index (χ0n) is 11.7. The molecule has 0 spiro atoms. The van der Waals surface area contributed by atoms with Gasteiger partial charge in [0.2, 0.25) is 6.79 Å². The van der Waals surface area contributed by atoms with Crippen molar-refractivity contribution in [2.24, 2.45) is 0 Å². The maximum Gasteiger partial charge on any atom is 0.308 e. The highest BCUT2D eigenvalue weighted by atomic mass is 16.7. The van der Waals surface area contributed by atoms with Crippen molar-refractivity contribution >= 4 is 11.8 Å². The van der Waals surface area contributed by atoms with E-state index in [1.807, 2.05) is 18.2 Å². The molecule has 2 aromatic carbocycles. The van der Waals surface area contributed by atoms with E-state index < -0.39 is 0 Å². The molecule has 108 valence electrons. The van der Waals surface area contributed by atoms with Crippen LogP contribution in [-0.4, -0.2) is 18.5 Å². The largest absolute Gasteiger partial charge is 0.457 e. The number of ether oxygens (including phenoxy) is 2. The van der Waals surface area contributed by atoms with Crippen LogP contribution in [0, 0.1) is 0 Å². The third-order valence-electron chi connectivity index (χ3n) is 2.89. The maximum absolute atomic E-state index is 12.2. The molecule has 0 N–H and O–H groups in total. The first-order valence-electron chi connectivity index (χ1n) is 6.69. The normalized spacial score (nSPS) is 9.95. The molecule has 4 heteroatoms. The van der Waals surface area contributed by atoms with E-state index in [4.69, 9.17) is 9.47 Å². The molecular formula is C17H16O4. The van der Waals surface area contributed by atoms with E-state index in [9.17, 15) is 9.59 Å². The SMILES string of the molecule is CCC(=O)OCOc1ccc(C(=O)c2ccccc2)cc1. The summed E-state index contributed by atoms with van der Waals surface area (Å²) in [5, 5.41) is 0. The second kappa shape index (κ2) is 7.24. The number of benzene rings is 2. The Balaban J connectivity index is 1.96. The second-order valence-electron chi connectivity index (χ2n) is 4.35. The molecule has 2 rings (SSSR count). The summed E-state index contributed by atoms with van der Waals surface area (Å²) >= 11 is 0. The zero-order valence-corrected chi connectivity index (χ0v) is 11.7. The second-order valence-corrected chi connectivity index (χ2v) is 4.35. The summed E-state index contributed by atoms with van der Waals surface area (Å²) in [6.07, 6.45) is 0.313. The molecule has 0 saturated heterocycles. The minimum atomic E-state index is -0.314. The molecule has 4 nitrogen and oxygen atoms in total. The average Bonchev–Trinajstić information content (AvgIpc) is 2.55. The number of carbonyl (C=O) groups is 2. The van der Waals surface area contributed by atoms with Crippen molar-refractivity contribution < 1.29 is 19.1 Å². The topological polar surface area (TPSA) is 52.6 Å². The predicted molar refractivity (Wildman–Crippen MR) is 78.2 cm³/mol. The minimum Gasteiger partial charge on any atom is -0.457 e. The maximum atomic E-state index is 12.2. The average molecular weight is 284 g/mol. The third kappa shape index (κ3) is 4.18. The van der Waals surface area contributed by atoms with Gasteiger partial charge in [0.1, 0.15) is 5.75 Å². The van der Waals surface area contributed by atoms with Gasteiger partial charge in [-0.3, -0.25) is 9.59 Å². The van der Waals surface area contributed by atoms with Crippen molar-refractivity contribution in [3.8, 4) is 5.75 Å². The van der Waals surface area contributed by atoms with E-state index >= 15 is 0 Å². The summed E-state index contributed by atoms with van der Waals surface area (Å²) in [4.78, 5) is 23.1. The summed E-state index contributed by atoms with van der Waals surface area (Å²) in [6.45, 7) is 1.59. The quantitative estimate of drug-likeness (QED) is 0.464. The van der Waals surface area contributed by atoms with Gasteiger partial charge in [-0.25, -0.2) is 0 Å². The third-order valence-corrected chi connectivity index (χ3v) is 2.89. The Labute approximate surface area is 123 Å². The molecule has 0 fully saturated rings. The lowest BCUT2D eigenvalue weighted by Crippen LogP contribution is -2.09. The predicted octanol–water partition coefficient (Wildman–Crippen LogP) is 3.21. The van der Waals surface area contributed by atoms with E-state index in [-0.39, 0.29) is 18.5 Å². The van der Waals surface area contributed by atoms with Gasteiger partial charge in [-0.1, -0.05) is 37.3 Å². The molecule has 0 aromatic heterocycles. The summed E-state index contributed by atoms with van der Waals surface area (Å²) in [5.41, 5.74) is 1.22. The highest BCUT2D eigenvalue weighted by Crippen LogP contribution is 2.15. The first-order chi connectivity index (χ1) is 10.2. The van der Waals surface area contributed by atoms with Crippen molar-refractivity contribution in [3.05, 3.63) is 65.7 Å². The molecule has 0 aliphatic heterocycles. The number of hydrogen-bond acceptors (Lipinski definition) is 4. The highest BCUT2D eigenvalue weighted by molar-refractivity contribution is 6.08. The summed E-state index contributed by atoms with van der Waals surface area (Å²) in [5.74, 6) is 0.189. The van der Waals surface area contributed by atoms with Gasteiger partial charge < -0.3 is 9.47 Å². The van der Waals surface area contributed by atoms with Crippen LogP contribution in [0.2, 0.25) is 0 Å². The molecule has 0 atom stereocenters. The van der Waals surface area contributed by atoms with Crippen LogP contribution in [0.4, 0.5) is 0 Å². The van der Waals surface area contributed by atoms with E-state index in [0.717, 1.165) is 0 Å². The zero-order chi connectivity index (χ0) is 15.1. The molecule has 0 aliphatic rings. The summed E-state index contributed by atoms with van der Waals surface area (Å²) in [6, 6.07) is 15.8. The number of esters is 1. The lowest BCUT2D eigenvalue weighted by atomic mass is 10.0. The fourth-order valence-corrected chi connectivity index (χ4v) is 1.72. The van der Waals surface area contributed by atoms with Gasteiger partial charge in [0.05, 0.1) is 0 Å². The molecule has 0 bridgehead atoms. The standard InChI is InChI=1S/C17H16O4/c1-2-16(18)21-12-20-15-10-8-14(9-11-15)17(19)13-6-4-3-5-7-13/h3-11H,2,12H2,1H3. The van der Waals surface area contributed by atoms with Crippen LogP contribution < -0.4 is 4.74 Å². The van der Waals surface area contributed by atoms with Gasteiger partial charge in [0.25, 0.3) is 0 Å². The number of carbonyl (C=O) groups excluding carboxylic acids is 2. The van der Waals surface area contributed by atoms with Crippen molar-refractivity contribution in [1.82, 2.24) is 0 Å². The van der Waals surface area contributed by atoms with Crippen LogP contribution in [0.25, 0.3) is 0 Å². The molecular weight excluding hydrogens is 268 g/mol.